The van der Waals surface area contributed by atoms with Crippen LogP contribution in [0.5, 0.6) is 11.5 Å². The Bertz CT molecular complexity index is 1000. The van der Waals surface area contributed by atoms with Gasteiger partial charge < -0.3 is 24.6 Å². The molecule has 1 saturated heterocycles. The number of amides is 3. The summed E-state index contributed by atoms with van der Waals surface area (Å²) in [5, 5.41) is 2.78. The number of hydrogen-bond donors (Lipinski definition) is 1. The number of benzene rings is 2. The van der Waals surface area contributed by atoms with E-state index in [0.717, 1.165) is 5.56 Å². The minimum atomic E-state index is -0.502. The Morgan fingerprint density at radius 3 is 2.55 bits per heavy atom. The molecule has 0 unspecified atom stereocenters. The fourth-order valence-electron chi connectivity index (χ4n) is 3.76. The maximum Gasteiger partial charge on any atom is 0.243 e. The Morgan fingerprint density at radius 2 is 1.81 bits per heavy atom. The first kappa shape index (κ1) is 20.7. The molecular weight excluding hydrogens is 398 g/mol. The minimum Gasteiger partial charge on any atom is -0.486 e. The van der Waals surface area contributed by atoms with E-state index in [4.69, 9.17) is 9.47 Å². The summed E-state index contributed by atoms with van der Waals surface area (Å²) in [6.45, 7) is 3.11. The van der Waals surface area contributed by atoms with Crippen molar-refractivity contribution in [2.75, 3.05) is 43.6 Å². The fraction of sp³-hybridized carbons (Fsp3) is 0.348. The van der Waals surface area contributed by atoms with Crippen LogP contribution in [0.3, 0.4) is 0 Å². The zero-order valence-electron chi connectivity index (χ0n) is 17.6. The van der Waals surface area contributed by atoms with Crippen LogP contribution in [0.2, 0.25) is 0 Å². The van der Waals surface area contributed by atoms with Crippen LogP contribution in [0.1, 0.15) is 12.0 Å². The second-order valence-corrected chi connectivity index (χ2v) is 7.84. The summed E-state index contributed by atoms with van der Waals surface area (Å²) >= 11 is 0. The molecular formula is C23H25N3O5. The van der Waals surface area contributed by atoms with E-state index in [0.29, 0.717) is 36.1 Å². The number of likely N-dealkylation sites (N-methyl/N-ethyl adjacent to an activating group) is 1. The van der Waals surface area contributed by atoms with Crippen molar-refractivity contribution in [3.8, 4) is 11.5 Å². The highest BCUT2D eigenvalue weighted by Crippen LogP contribution is 2.36. The highest BCUT2D eigenvalue weighted by molar-refractivity contribution is 6.01. The molecule has 3 amide bonds. The molecule has 1 atom stereocenters. The lowest BCUT2D eigenvalue weighted by Gasteiger charge is -2.23. The lowest BCUT2D eigenvalue weighted by molar-refractivity contribution is -0.137. The second kappa shape index (κ2) is 8.67. The number of carbonyl (C=O) groups is 3. The van der Waals surface area contributed by atoms with Gasteiger partial charge >= 0.3 is 0 Å². The maximum absolute atomic E-state index is 12.9. The number of hydrogen-bond acceptors (Lipinski definition) is 5. The van der Waals surface area contributed by atoms with Crippen LogP contribution in [0, 0.1) is 12.8 Å². The third-order valence-corrected chi connectivity index (χ3v) is 5.40. The molecule has 0 aliphatic carbocycles. The lowest BCUT2D eigenvalue weighted by Crippen LogP contribution is -2.39. The van der Waals surface area contributed by atoms with Crippen LogP contribution >= 0.6 is 0 Å². The Kier molecular flexibility index (Phi) is 5.79. The predicted molar refractivity (Wildman–Crippen MR) is 115 cm³/mol. The molecule has 31 heavy (non-hydrogen) atoms. The summed E-state index contributed by atoms with van der Waals surface area (Å²) in [6, 6.07) is 12.8. The van der Waals surface area contributed by atoms with Crippen molar-refractivity contribution in [2.24, 2.45) is 5.92 Å². The van der Waals surface area contributed by atoms with Gasteiger partial charge in [-0.3, -0.25) is 14.4 Å². The van der Waals surface area contributed by atoms with Crippen LogP contribution in [-0.4, -0.2) is 56.0 Å². The van der Waals surface area contributed by atoms with Gasteiger partial charge in [0.15, 0.2) is 11.5 Å². The minimum absolute atomic E-state index is 0.0819. The summed E-state index contributed by atoms with van der Waals surface area (Å²) < 4.78 is 11.1. The van der Waals surface area contributed by atoms with Crippen LogP contribution in [0.15, 0.2) is 42.5 Å². The van der Waals surface area contributed by atoms with Gasteiger partial charge in [-0.25, -0.2) is 0 Å². The van der Waals surface area contributed by atoms with Crippen molar-refractivity contribution in [2.45, 2.75) is 13.3 Å². The molecule has 1 fully saturated rings. The SMILES string of the molecule is Cc1ccc(NC(=O)CN(C)C(=O)[C@@H]2CC(=O)N(c3ccc4c(c3)OCCO4)C2)cc1. The topological polar surface area (TPSA) is 88.2 Å². The number of carbonyl (C=O) groups excluding carboxylic acids is 3. The molecule has 2 aliphatic heterocycles. The van der Waals surface area contributed by atoms with Crippen molar-refractivity contribution in [3.05, 3.63) is 48.0 Å². The van der Waals surface area contributed by atoms with Gasteiger partial charge in [0.2, 0.25) is 17.7 Å². The van der Waals surface area contributed by atoms with Gasteiger partial charge in [0, 0.05) is 37.5 Å². The smallest absolute Gasteiger partial charge is 0.243 e. The van der Waals surface area contributed by atoms with E-state index in [1.165, 1.54) is 4.90 Å². The van der Waals surface area contributed by atoms with Gasteiger partial charge in [-0.05, 0) is 31.2 Å². The van der Waals surface area contributed by atoms with Crippen LogP contribution < -0.4 is 19.7 Å². The lowest BCUT2D eigenvalue weighted by atomic mass is 10.1. The summed E-state index contributed by atoms with van der Waals surface area (Å²) in [5.74, 6) is 0.0930. The molecule has 2 aromatic carbocycles. The zero-order valence-corrected chi connectivity index (χ0v) is 17.6. The molecule has 4 rings (SSSR count). The van der Waals surface area contributed by atoms with E-state index in [2.05, 4.69) is 5.32 Å². The highest BCUT2D eigenvalue weighted by Gasteiger charge is 2.37. The second-order valence-electron chi connectivity index (χ2n) is 7.84. The number of nitrogens with zero attached hydrogens (tertiary/aromatic N) is 2. The Morgan fingerprint density at radius 1 is 1.10 bits per heavy atom. The number of aryl methyl sites for hydroxylation is 1. The predicted octanol–water partition coefficient (Wildman–Crippen LogP) is 2.22. The molecule has 8 heteroatoms. The van der Waals surface area contributed by atoms with E-state index in [1.807, 2.05) is 31.2 Å². The van der Waals surface area contributed by atoms with Crippen LogP contribution in [0.25, 0.3) is 0 Å². The Balaban J connectivity index is 1.36. The quantitative estimate of drug-likeness (QED) is 0.797. The molecule has 0 aromatic heterocycles. The van der Waals surface area contributed by atoms with Crippen molar-refractivity contribution in [1.29, 1.82) is 0 Å². The summed E-state index contributed by atoms with van der Waals surface area (Å²) in [4.78, 5) is 40.7. The molecule has 0 spiro atoms. The average Bonchev–Trinajstić information content (AvgIpc) is 3.16. The van der Waals surface area contributed by atoms with E-state index in [-0.39, 0.29) is 37.2 Å². The number of ether oxygens (including phenoxy) is 2. The first-order valence-electron chi connectivity index (χ1n) is 10.2. The highest BCUT2D eigenvalue weighted by atomic mass is 16.6. The van der Waals surface area contributed by atoms with E-state index >= 15 is 0 Å². The third-order valence-electron chi connectivity index (χ3n) is 5.40. The van der Waals surface area contributed by atoms with Crippen molar-refractivity contribution < 1.29 is 23.9 Å². The molecule has 1 N–H and O–H groups in total. The Labute approximate surface area is 180 Å². The summed E-state index contributed by atoms with van der Waals surface area (Å²) in [5.41, 5.74) is 2.44. The van der Waals surface area contributed by atoms with Crippen LogP contribution in [-0.2, 0) is 14.4 Å². The van der Waals surface area contributed by atoms with Crippen molar-refractivity contribution in [1.82, 2.24) is 4.90 Å². The monoisotopic (exact) mass is 423 g/mol. The molecule has 0 bridgehead atoms. The number of nitrogens with one attached hydrogen (secondary N) is 1. The van der Waals surface area contributed by atoms with Gasteiger partial charge in [-0.2, -0.15) is 0 Å². The summed E-state index contributed by atoms with van der Waals surface area (Å²) in [7, 11) is 1.58. The number of anilines is 2. The molecule has 0 radical (unpaired) electrons. The van der Waals surface area contributed by atoms with Gasteiger partial charge in [-0.15, -0.1) is 0 Å². The van der Waals surface area contributed by atoms with Gasteiger partial charge in [0.25, 0.3) is 0 Å². The zero-order chi connectivity index (χ0) is 22.0. The van der Waals surface area contributed by atoms with E-state index in [1.54, 1.807) is 30.1 Å². The van der Waals surface area contributed by atoms with Crippen molar-refractivity contribution in [3.63, 3.8) is 0 Å². The van der Waals surface area contributed by atoms with E-state index < -0.39 is 5.92 Å². The molecule has 0 saturated carbocycles. The number of rotatable bonds is 5. The van der Waals surface area contributed by atoms with E-state index in [9.17, 15) is 14.4 Å². The molecule has 2 heterocycles. The molecule has 162 valence electrons. The van der Waals surface area contributed by atoms with Gasteiger partial charge in [0.1, 0.15) is 13.2 Å². The number of fused-ring (bicyclic) bond motifs is 1. The first-order chi connectivity index (χ1) is 14.9. The normalized spacial score (nSPS) is 17.4. The van der Waals surface area contributed by atoms with Gasteiger partial charge in [0.05, 0.1) is 12.5 Å². The molecule has 2 aromatic rings. The van der Waals surface area contributed by atoms with Crippen molar-refractivity contribution >= 4 is 29.1 Å². The first-order valence-corrected chi connectivity index (χ1v) is 10.2. The largest absolute Gasteiger partial charge is 0.486 e. The third kappa shape index (κ3) is 4.63. The van der Waals surface area contributed by atoms with Gasteiger partial charge in [-0.1, -0.05) is 17.7 Å². The maximum atomic E-state index is 12.9. The standard InChI is InChI=1S/C23H25N3O5/c1-15-3-5-17(6-4-15)24-21(27)14-25(2)23(29)16-11-22(28)26(13-16)18-7-8-19-20(12-18)31-10-9-30-19/h3-8,12,16H,9-11,13-14H2,1-2H3,(H,24,27)/t16-/m1/s1. The summed E-state index contributed by atoms with van der Waals surface area (Å²) in [6.07, 6.45) is 0.108. The fourth-order valence-corrected chi connectivity index (χ4v) is 3.76. The molecule has 2 aliphatic rings. The molecule has 8 nitrogen and oxygen atoms in total. The van der Waals surface area contributed by atoms with Crippen LogP contribution in [0.4, 0.5) is 11.4 Å². The average molecular weight is 423 g/mol. The Hall–Kier alpha value is -3.55.